The summed E-state index contributed by atoms with van der Waals surface area (Å²) in [5, 5.41) is 29.0. The van der Waals surface area contributed by atoms with Gasteiger partial charge in [0.05, 0.1) is 13.5 Å². The van der Waals surface area contributed by atoms with Gasteiger partial charge in [-0.2, -0.15) is 0 Å². The van der Waals surface area contributed by atoms with Crippen molar-refractivity contribution in [1.82, 2.24) is 0 Å². The number of aromatic hydroxyl groups is 3. The molecule has 2 aromatic carbocycles. The molecule has 114 valence electrons. The maximum Gasteiger partial charge on any atom is 0.201 e. The van der Waals surface area contributed by atoms with Crippen molar-refractivity contribution in [3.05, 3.63) is 41.5 Å². The Balaban J connectivity index is 2.03. The molecule has 3 N–H and O–H groups in total. The van der Waals surface area contributed by atoms with Gasteiger partial charge >= 0.3 is 0 Å². The van der Waals surface area contributed by atoms with Crippen molar-refractivity contribution < 1.29 is 29.6 Å². The van der Waals surface area contributed by atoms with Crippen molar-refractivity contribution in [3.8, 4) is 28.7 Å². The lowest BCUT2D eigenvalue weighted by Gasteiger charge is -2.26. The molecule has 1 atom stereocenters. The van der Waals surface area contributed by atoms with Gasteiger partial charge in [0.25, 0.3) is 0 Å². The van der Waals surface area contributed by atoms with Crippen molar-refractivity contribution in [1.29, 1.82) is 0 Å². The van der Waals surface area contributed by atoms with E-state index < -0.39 is 17.6 Å². The maximum atomic E-state index is 12.3. The van der Waals surface area contributed by atoms with Crippen LogP contribution in [0, 0.1) is 0 Å². The molecule has 0 bridgehead atoms. The molecular weight excluding hydrogens is 288 g/mol. The van der Waals surface area contributed by atoms with Crippen molar-refractivity contribution in [2.45, 2.75) is 12.5 Å². The van der Waals surface area contributed by atoms with Crippen LogP contribution in [-0.4, -0.2) is 28.2 Å². The molecule has 0 saturated heterocycles. The molecule has 0 radical (unpaired) electrons. The molecule has 6 nitrogen and oxygen atoms in total. The summed E-state index contributed by atoms with van der Waals surface area (Å²) in [6, 6.07) is 7.71. The Morgan fingerprint density at radius 2 is 1.82 bits per heavy atom. The Kier molecular flexibility index (Phi) is 3.29. The van der Waals surface area contributed by atoms with Crippen LogP contribution in [0.15, 0.2) is 30.3 Å². The van der Waals surface area contributed by atoms with Gasteiger partial charge in [0.2, 0.25) is 5.75 Å². The third kappa shape index (κ3) is 2.18. The van der Waals surface area contributed by atoms with Crippen molar-refractivity contribution in [3.63, 3.8) is 0 Å². The van der Waals surface area contributed by atoms with Crippen molar-refractivity contribution >= 4 is 5.78 Å². The molecule has 6 heteroatoms. The van der Waals surface area contributed by atoms with E-state index in [0.29, 0.717) is 0 Å². The number of hydrogen-bond donors (Lipinski definition) is 3. The van der Waals surface area contributed by atoms with E-state index in [1.165, 1.54) is 25.3 Å². The zero-order valence-electron chi connectivity index (χ0n) is 11.7. The van der Waals surface area contributed by atoms with E-state index in [0.717, 1.165) is 5.56 Å². The molecule has 22 heavy (non-hydrogen) atoms. The number of carbonyl (C=O) groups excluding carboxylic acids is 1. The predicted octanol–water partition coefficient (Wildman–Crippen LogP) is 2.52. The number of Topliss-reactive ketones (excluding diaryl/α,β-unsaturated/α-hetero) is 1. The number of phenols is 3. The highest BCUT2D eigenvalue weighted by atomic mass is 16.5. The number of ether oxygens (including phenoxy) is 2. The Morgan fingerprint density at radius 3 is 2.45 bits per heavy atom. The van der Waals surface area contributed by atoms with Gasteiger partial charge in [-0.1, -0.05) is 12.1 Å². The van der Waals surface area contributed by atoms with Crippen LogP contribution in [0.1, 0.15) is 28.4 Å². The van der Waals surface area contributed by atoms with E-state index in [4.69, 9.17) is 9.47 Å². The molecule has 1 heterocycles. The van der Waals surface area contributed by atoms with E-state index in [2.05, 4.69) is 0 Å². The zero-order chi connectivity index (χ0) is 15.9. The Bertz CT molecular complexity index is 735. The summed E-state index contributed by atoms with van der Waals surface area (Å²) in [5.41, 5.74) is 0.677. The average molecular weight is 302 g/mol. The standard InChI is InChI=1S/C16H14O6/c1-21-13-7-12-14(16(20)15(13)19)10(18)6-11(22-12)8-2-4-9(17)5-3-8/h2-5,7,11,17,19-20H,6H2,1H3. The molecule has 0 spiro atoms. The molecule has 1 unspecified atom stereocenters. The maximum absolute atomic E-state index is 12.3. The number of rotatable bonds is 2. The minimum Gasteiger partial charge on any atom is -0.508 e. The van der Waals surface area contributed by atoms with Crippen LogP contribution in [0.25, 0.3) is 0 Å². The fourth-order valence-corrected chi connectivity index (χ4v) is 2.47. The molecule has 0 aliphatic carbocycles. The highest BCUT2D eigenvalue weighted by molar-refractivity contribution is 6.03. The first kappa shape index (κ1) is 14.1. The van der Waals surface area contributed by atoms with E-state index in [-0.39, 0.29) is 35.0 Å². The van der Waals surface area contributed by atoms with Crippen molar-refractivity contribution in [2.24, 2.45) is 0 Å². The first-order valence-corrected chi connectivity index (χ1v) is 6.63. The van der Waals surface area contributed by atoms with E-state index >= 15 is 0 Å². The van der Waals surface area contributed by atoms with Crippen LogP contribution in [0.3, 0.4) is 0 Å². The summed E-state index contributed by atoms with van der Waals surface area (Å²) >= 11 is 0. The largest absolute Gasteiger partial charge is 0.508 e. The average Bonchev–Trinajstić information content (AvgIpc) is 2.51. The van der Waals surface area contributed by atoms with Crippen molar-refractivity contribution in [2.75, 3.05) is 7.11 Å². The molecule has 2 aromatic rings. The molecule has 3 rings (SSSR count). The summed E-state index contributed by atoms with van der Waals surface area (Å²) in [6.45, 7) is 0. The van der Waals surface area contributed by atoms with Crippen LogP contribution in [-0.2, 0) is 0 Å². The van der Waals surface area contributed by atoms with Crippen LogP contribution < -0.4 is 9.47 Å². The number of phenolic OH excluding ortho intramolecular Hbond substituents is 3. The van der Waals surface area contributed by atoms with Crippen LogP contribution in [0.5, 0.6) is 28.7 Å². The SMILES string of the molecule is COc1cc2c(c(O)c1O)C(=O)CC(c1ccc(O)cc1)O2. The van der Waals surface area contributed by atoms with Gasteiger partial charge in [0.15, 0.2) is 17.3 Å². The minimum absolute atomic E-state index is 0.0235. The van der Waals surface area contributed by atoms with Gasteiger partial charge in [-0.05, 0) is 17.7 Å². The second-order valence-electron chi connectivity index (χ2n) is 4.97. The lowest BCUT2D eigenvalue weighted by molar-refractivity contribution is 0.0843. The topological polar surface area (TPSA) is 96.2 Å². The molecule has 0 aromatic heterocycles. The summed E-state index contributed by atoms with van der Waals surface area (Å²) in [7, 11) is 1.34. The summed E-state index contributed by atoms with van der Waals surface area (Å²) in [6.07, 6.45) is -0.508. The van der Waals surface area contributed by atoms with Gasteiger partial charge in [-0.15, -0.1) is 0 Å². The quantitative estimate of drug-likeness (QED) is 0.738. The third-order valence-electron chi connectivity index (χ3n) is 3.61. The van der Waals surface area contributed by atoms with Gasteiger partial charge in [0.1, 0.15) is 23.2 Å². The summed E-state index contributed by atoms with van der Waals surface area (Å²) < 4.78 is 10.7. The Labute approximate surface area is 126 Å². The first-order valence-electron chi connectivity index (χ1n) is 6.63. The lowest BCUT2D eigenvalue weighted by atomic mass is 9.95. The minimum atomic E-state index is -0.538. The number of hydrogen-bond acceptors (Lipinski definition) is 6. The Morgan fingerprint density at radius 1 is 1.14 bits per heavy atom. The van der Waals surface area contributed by atoms with Crippen LogP contribution in [0.2, 0.25) is 0 Å². The molecule has 1 aliphatic heterocycles. The number of fused-ring (bicyclic) bond motifs is 1. The zero-order valence-corrected chi connectivity index (χ0v) is 11.7. The van der Waals surface area contributed by atoms with Gasteiger partial charge < -0.3 is 24.8 Å². The van der Waals surface area contributed by atoms with Crippen LogP contribution in [0.4, 0.5) is 0 Å². The first-order chi connectivity index (χ1) is 10.5. The monoisotopic (exact) mass is 302 g/mol. The third-order valence-corrected chi connectivity index (χ3v) is 3.61. The Hall–Kier alpha value is -2.89. The van der Waals surface area contributed by atoms with E-state index in [9.17, 15) is 20.1 Å². The second-order valence-corrected chi connectivity index (χ2v) is 4.97. The molecular formula is C16H14O6. The number of carbonyl (C=O) groups is 1. The van der Waals surface area contributed by atoms with Gasteiger partial charge in [-0.3, -0.25) is 4.79 Å². The summed E-state index contributed by atoms with van der Waals surface area (Å²) in [5.74, 6) is -1.06. The fourth-order valence-electron chi connectivity index (χ4n) is 2.47. The van der Waals surface area contributed by atoms with Crippen LogP contribution >= 0.6 is 0 Å². The number of methoxy groups -OCH3 is 1. The van der Waals surface area contributed by atoms with E-state index in [1.54, 1.807) is 12.1 Å². The molecule has 0 fully saturated rings. The highest BCUT2D eigenvalue weighted by Gasteiger charge is 2.33. The highest BCUT2D eigenvalue weighted by Crippen LogP contribution is 2.48. The molecule has 0 amide bonds. The van der Waals surface area contributed by atoms with Gasteiger partial charge in [-0.25, -0.2) is 0 Å². The number of benzene rings is 2. The fraction of sp³-hybridized carbons (Fsp3) is 0.188. The lowest BCUT2D eigenvalue weighted by Crippen LogP contribution is -2.20. The predicted molar refractivity (Wildman–Crippen MR) is 76.7 cm³/mol. The normalized spacial score (nSPS) is 16.8. The van der Waals surface area contributed by atoms with Gasteiger partial charge in [0, 0.05) is 6.07 Å². The molecule has 1 aliphatic rings. The number of ketones is 1. The molecule has 0 saturated carbocycles. The smallest absolute Gasteiger partial charge is 0.201 e. The van der Waals surface area contributed by atoms with E-state index in [1.807, 2.05) is 0 Å². The summed E-state index contributed by atoms with van der Waals surface area (Å²) in [4.78, 5) is 12.3. The second kappa shape index (κ2) is 5.14.